The SMILES string of the molecule is CCNC(=NCc1ccc(F)cc1CSC)NCc1noc(C(C)(C)C)n1.I. The van der Waals surface area contributed by atoms with E-state index in [0.29, 0.717) is 30.8 Å². The number of aromatic nitrogens is 2. The van der Waals surface area contributed by atoms with Gasteiger partial charge in [-0.1, -0.05) is 32.0 Å². The lowest BCUT2D eigenvalue weighted by atomic mass is 9.97. The molecule has 1 aromatic heterocycles. The molecule has 0 fully saturated rings. The predicted octanol–water partition coefficient (Wildman–Crippen LogP) is 4.24. The van der Waals surface area contributed by atoms with E-state index in [1.54, 1.807) is 23.9 Å². The highest BCUT2D eigenvalue weighted by Crippen LogP contribution is 2.19. The van der Waals surface area contributed by atoms with Gasteiger partial charge in [-0.25, -0.2) is 9.38 Å². The fourth-order valence-corrected chi connectivity index (χ4v) is 2.92. The molecule has 2 N–H and O–H groups in total. The summed E-state index contributed by atoms with van der Waals surface area (Å²) in [6.45, 7) is 9.68. The van der Waals surface area contributed by atoms with Crippen molar-refractivity contribution in [1.29, 1.82) is 0 Å². The molecule has 0 atom stereocenters. The summed E-state index contributed by atoms with van der Waals surface area (Å²) >= 11 is 1.66. The third-order valence-electron chi connectivity index (χ3n) is 3.74. The zero-order valence-corrected chi connectivity index (χ0v) is 20.2. The van der Waals surface area contributed by atoms with E-state index in [2.05, 4.69) is 25.8 Å². The Labute approximate surface area is 187 Å². The topological polar surface area (TPSA) is 75.3 Å². The van der Waals surface area contributed by atoms with Gasteiger partial charge in [0.1, 0.15) is 5.82 Å². The molecule has 0 aliphatic carbocycles. The monoisotopic (exact) mass is 521 g/mol. The van der Waals surface area contributed by atoms with Crippen molar-refractivity contribution < 1.29 is 8.91 Å². The van der Waals surface area contributed by atoms with Gasteiger partial charge in [-0.05, 0) is 36.4 Å². The molecule has 0 aliphatic rings. The second-order valence-electron chi connectivity index (χ2n) is 7.16. The molecule has 1 heterocycles. The molecule has 9 heteroatoms. The summed E-state index contributed by atoms with van der Waals surface area (Å²) in [5, 5.41) is 10.4. The van der Waals surface area contributed by atoms with Crippen molar-refractivity contribution in [2.75, 3.05) is 12.8 Å². The number of aliphatic imine (C=N–C) groups is 1. The number of guanidine groups is 1. The number of thioether (sulfide) groups is 1. The zero-order chi connectivity index (χ0) is 19.9. The molecule has 0 unspecified atom stereocenters. The lowest BCUT2D eigenvalue weighted by molar-refractivity contribution is 0.318. The summed E-state index contributed by atoms with van der Waals surface area (Å²) in [5.41, 5.74) is 1.80. The molecule has 2 aromatic rings. The molecule has 6 nitrogen and oxygen atoms in total. The van der Waals surface area contributed by atoms with Crippen molar-refractivity contribution in [3.05, 3.63) is 46.9 Å². The Morgan fingerprint density at radius 3 is 2.61 bits per heavy atom. The largest absolute Gasteiger partial charge is 0.357 e. The highest BCUT2D eigenvalue weighted by molar-refractivity contribution is 14.0. The van der Waals surface area contributed by atoms with Gasteiger partial charge in [-0.3, -0.25) is 0 Å². The van der Waals surface area contributed by atoms with E-state index in [-0.39, 0.29) is 35.2 Å². The number of nitrogens with zero attached hydrogens (tertiary/aromatic N) is 3. The molecule has 0 radical (unpaired) electrons. The number of rotatable bonds is 7. The molecule has 28 heavy (non-hydrogen) atoms. The van der Waals surface area contributed by atoms with Gasteiger partial charge >= 0.3 is 0 Å². The van der Waals surface area contributed by atoms with E-state index >= 15 is 0 Å². The van der Waals surface area contributed by atoms with Crippen LogP contribution in [0.3, 0.4) is 0 Å². The molecular formula is C19H29FIN5OS. The summed E-state index contributed by atoms with van der Waals surface area (Å²) < 4.78 is 18.8. The summed E-state index contributed by atoms with van der Waals surface area (Å²) in [6, 6.07) is 4.85. The van der Waals surface area contributed by atoms with Crippen LogP contribution in [0.25, 0.3) is 0 Å². The minimum atomic E-state index is -0.219. The van der Waals surface area contributed by atoms with Gasteiger partial charge in [-0.2, -0.15) is 16.7 Å². The number of benzene rings is 1. The number of nitrogens with one attached hydrogen (secondary N) is 2. The van der Waals surface area contributed by atoms with Crippen LogP contribution in [-0.4, -0.2) is 28.9 Å². The van der Waals surface area contributed by atoms with E-state index in [4.69, 9.17) is 4.52 Å². The van der Waals surface area contributed by atoms with Crippen molar-refractivity contribution in [2.45, 2.75) is 52.0 Å². The zero-order valence-electron chi connectivity index (χ0n) is 17.0. The van der Waals surface area contributed by atoms with Crippen LogP contribution < -0.4 is 10.6 Å². The van der Waals surface area contributed by atoms with Crippen molar-refractivity contribution in [3.63, 3.8) is 0 Å². The van der Waals surface area contributed by atoms with Crippen LogP contribution in [0.1, 0.15) is 50.5 Å². The molecule has 0 amide bonds. The molecule has 2 rings (SSSR count). The quantitative estimate of drug-likeness (QED) is 0.323. The van der Waals surface area contributed by atoms with E-state index in [0.717, 1.165) is 23.4 Å². The van der Waals surface area contributed by atoms with E-state index in [1.807, 2.05) is 34.0 Å². The number of hydrogen-bond donors (Lipinski definition) is 2. The lowest BCUT2D eigenvalue weighted by Crippen LogP contribution is -2.37. The van der Waals surface area contributed by atoms with Crippen LogP contribution in [-0.2, 0) is 24.3 Å². The molecular weight excluding hydrogens is 492 g/mol. The molecule has 0 saturated carbocycles. The van der Waals surface area contributed by atoms with Crippen molar-refractivity contribution >= 4 is 41.7 Å². The van der Waals surface area contributed by atoms with E-state index in [9.17, 15) is 4.39 Å². The molecule has 0 aliphatic heterocycles. The highest BCUT2D eigenvalue weighted by Gasteiger charge is 2.21. The van der Waals surface area contributed by atoms with E-state index in [1.165, 1.54) is 6.07 Å². The standard InChI is InChI=1S/C19H28FN5OS.HI/c1-6-21-18(23-11-16-24-17(26-25-16)19(2,3)4)22-10-13-7-8-15(20)9-14(13)12-27-5;/h7-9H,6,10-12H2,1-5H3,(H2,21,22,23);1H. The minimum absolute atomic E-state index is 0. The normalized spacial score (nSPS) is 11.9. The fourth-order valence-electron chi connectivity index (χ4n) is 2.34. The van der Waals surface area contributed by atoms with Crippen LogP contribution in [0.15, 0.2) is 27.7 Å². The Balaban J connectivity index is 0.00000392. The Hall–Kier alpha value is -1.36. The molecule has 1 aromatic carbocycles. The van der Waals surface area contributed by atoms with Crippen molar-refractivity contribution in [1.82, 2.24) is 20.8 Å². The van der Waals surface area contributed by atoms with Crippen LogP contribution in [0, 0.1) is 5.82 Å². The summed E-state index contributed by atoms with van der Waals surface area (Å²) in [4.78, 5) is 9.02. The third-order valence-corrected chi connectivity index (χ3v) is 4.34. The van der Waals surface area contributed by atoms with E-state index < -0.39 is 0 Å². The summed E-state index contributed by atoms with van der Waals surface area (Å²) in [5.74, 6) is 2.37. The third kappa shape index (κ3) is 7.57. The van der Waals surface area contributed by atoms with Crippen LogP contribution in [0.5, 0.6) is 0 Å². The van der Waals surface area contributed by atoms with Crippen LogP contribution in [0.2, 0.25) is 0 Å². The second-order valence-corrected chi connectivity index (χ2v) is 8.03. The average molecular weight is 521 g/mol. The van der Waals surface area contributed by atoms with Gasteiger partial charge in [0.15, 0.2) is 11.8 Å². The van der Waals surface area contributed by atoms with Crippen molar-refractivity contribution in [2.24, 2.45) is 4.99 Å². The van der Waals surface area contributed by atoms with Gasteiger partial charge < -0.3 is 15.2 Å². The molecule has 0 bridgehead atoms. The van der Waals surface area contributed by atoms with Crippen molar-refractivity contribution in [3.8, 4) is 0 Å². The lowest BCUT2D eigenvalue weighted by Gasteiger charge is -2.12. The smallest absolute Gasteiger partial charge is 0.232 e. The van der Waals surface area contributed by atoms with Gasteiger partial charge in [0.2, 0.25) is 5.89 Å². The maximum absolute atomic E-state index is 13.5. The van der Waals surface area contributed by atoms with Gasteiger partial charge in [0, 0.05) is 17.7 Å². The fraction of sp³-hybridized carbons (Fsp3) is 0.526. The molecule has 156 valence electrons. The van der Waals surface area contributed by atoms with Gasteiger partial charge in [0.25, 0.3) is 0 Å². The van der Waals surface area contributed by atoms with Gasteiger partial charge in [-0.15, -0.1) is 24.0 Å². The number of halogens is 2. The minimum Gasteiger partial charge on any atom is -0.357 e. The summed E-state index contributed by atoms with van der Waals surface area (Å²) in [6.07, 6.45) is 2.00. The Morgan fingerprint density at radius 1 is 1.25 bits per heavy atom. The van der Waals surface area contributed by atoms with Gasteiger partial charge in [0.05, 0.1) is 13.1 Å². The maximum Gasteiger partial charge on any atom is 0.232 e. The first kappa shape index (κ1) is 24.7. The average Bonchev–Trinajstić information content (AvgIpc) is 3.08. The summed E-state index contributed by atoms with van der Waals surface area (Å²) in [7, 11) is 0. The Kier molecular flexibility index (Phi) is 10.2. The first-order valence-electron chi connectivity index (χ1n) is 8.95. The molecule has 0 saturated heterocycles. The second kappa shape index (κ2) is 11.6. The first-order valence-corrected chi connectivity index (χ1v) is 10.3. The Morgan fingerprint density at radius 2 is 2.00 bits per heavy atom. The van der Waals surface area contributed by atoms with Crippen LogP contribution >= 0.6 is 35.7 Å². The van der Waals surface area contributed by atoms with Crippen LogP contribution in [0.4, 0.5) is 4.39 Å². The predicted molar refractivity (Wildman–Crippen MR) is 124 cm³/mol. The number of hydrogen-bond acceptors (Lipinski definition) is 5. The first-order chi connectivity index (χ1) is 12.8. The highest BCUT2D eigenvalue weighted by atomic mass is 127. The maximum atomic E-state index is 13.5. The Bertz CT molecular complexity index is 776. The molecule has 0 spiro atoms.